The van der Waals surface area contributed by atoms with Gasteiger partial charge in [-0.1, -0.05) is 56.5 Å². The van der Waals surface area contributed by atoms with Gasteiger partial charge >= 0.3 is 5.97 Å². The zero-order valence-electron chi connectivity index (χ0n) is 14.4. The lowest BCUT2D eigenvalue weighted by molar-refractivity contribution is -0.137. The van der Waals surface area contributed by atoms with Crippen LogP contribution >= 0.6 is 0 Å². The molecule has 0 saturated carbocycles. The molecule has 0 spiro atoms. The molecular formula is C21H26O3. The van der Waals surface area contributed by atoms with Gasteiger partial charge in [-0.05, 0) is 41.7 Å². The fraction of sp³-hybridized carbons (Fsp3) is 0.429. The van der Waals surface area contributed by atoms with E-state index in [9.17, 15) is 9.59 Å². The fourth-order valence-corrected chi connectivity index (χ4v) is 3.03. The molecule has 0 fully saturated rings. The van der Waals surface area contributed by atoms with Crippen LogP contribution in [0.4, 0.5) is 0 Å². The van der Waals surface area contributed by atoms with Crippen LogP contribution in [-0.2, 0) is 11.2 Å². The molecule has 2 rings (SSSR count). The summed E-state index contributed by atoms with van der Waals surface area (Å²) in [7, 11) is 0. The van der Waals surface area contributed by atoms with Gasteiger partial charge in [0, 0.05) is 18.4 Å². The van der Waals surface area contributed by atoms with Crippen LogP contribution in [0.5, 0.6) is 0 Å². The molecule has 2 aromatic carbocycles. The van der Waals surface area contributed by atoms with E-state index in [1.807, 2.05) is 24.3 Å². The van der Waals surface area contributed by atoms with Crippen LogP contribution < -0.4 is 0 Å². The summed E-state index contributed by atoms with van der Waals surface area (Å²) >= 11 is 0. The van der Waals surface area contributed by atoms with E-state index in [1.54, 1.807) is 0 Å². The van der Waals surface area contributed by atoms with E-state index in [1.165, 1.54) is 19.3 Å². The lowest BCUT2D eigenvalue weighted by Gasteiger charge is -2.11. The Morgan fingerprint density at radius 1 is 0.917 bits per heavy atom. The number of rotatable bonds is 10. The summed E-state index contributed by atoms with van der Waals surface area (Å²) in [6.07, 6.45) is 6.32. The third-order valence-electron chi connectivity index (χ3n) is 4.37. The highest BCUT2D eigenvalue weighted by Gasteiger charge is 2.13. The number of hydrogen-bond donors (Lipinski definition) is 1. The number of carbonyl (C=O) groups is 2. The van der Waals surface area contributed by atoms with Crippen LogP contribution in [0.25, 0.3) is 10.8 Å². The molecule has 128 valence electrons. The molecule has 2 aromatic rings. The number of unbranched alkanes of at least 4 members (excludes halogenated alkanes) is 3. The number of hydrogen-bond acceptors (Lipinski definition) is 2. The molecule has 24 heavy (non-hydrogen) atoms. The van der Waals surface area contributed by atoms with Crippen molar-refractivity contribution in [3.05, 3.63) is 47.5 Å². The maximum atomic E-state index is 12.6. The van der Waals surface area contributed by atoms with Crippen LogP contribution in [0.2, 0.25) is 0 Å². The second-order valence-corrected chi connectivity index (χ2v) is 6.34. The van der Waals surface area contributed by atoms with Crippen LogP contribution in [0.1, 0.15) is 67.8 Å². The quantitative estimate of drug-likeness (QED) is 0.470. The Morgan fingerprint density at radius 2 is 1.62 bits per heavy atom. The number of benzene rings is 2. The zero-order chi connectivity index (χ0) is 17.4. The van der Waals surface area contributed by atoms with Gasteiger partial charge in [-0.2, -0.15) is 0 Å². The molecule has 1 N–H and O–H groups in total. The number of aryl methyl sites for hydroxylation is 1. The highest BCUT2D eigenvalue weighted by Crippen LogP contribution is 2.24. The van der Waals surface area contributed by atoms with Gasteiger partial charge in [0.1, 0.15) is 0 Å². The summed E-state index contributed by atoms with van der Waals surface area (Å²) in [5.41, 5.74) is 1.88. The first-order valence-electron chi connectivity index (χ1n) is 8.88. The van der Waals surface area contributed by atoms with E-state index in [0.29, 0.717) is 12.8 Å². The van der Waals surface area contributed by atoms with Crippen molar-refractivity contribution in [1.29, 1.82) is 0 Å². The molecule has 3 heteroatoms. The molecule has 0 unspecified atom stereocenters. The lowest BCUT2D eigenvalue weighted by atomic mass is 9.93. The van der Waals surface area contributed by atoms with E-state index in [-0.39, 0.29) is 12.2 Å². The average molecular weight is 326 g/mol. The fourth-order valence-electron chi connectivity index (χ4n) is 3.03. The third-order valence-corrected chi connectivity index (χ3v) is 4.37. The van der Waals surface area contributed by atoms with Crippen molar-refractivity contribution in [2.75, 3.05) is 0 Å². The molecule has 0 atom stereocenters. The minimum Gasteiger partial charge on any atom is -0.481 e. The Labute approximate surface area is 143 Å². The third kappa shape index (κ3) is 5.19. The van der Waals surface area contributed by atoms with Gasteiger partial charge in [-0.25, -0.2) is 0 Å². The monoisotopic (exact) mass is 326 g/mol. The summed E-state index contributed by atoms with van der Waals surface area (Å²) in [5.74, 6) is -0.784. The van der Waals surface area contributed by atoms with Gasteiger partial charge < -0.3 is 5.11 Å². The highest BCUT2D eigenvalue weighted by atomic mass is 16.4. The predicted octanol–water partition coefficient (Wildman–Crippen LogP) is 5.40. The maximum absolute atomic E-state index is 12.6. The Bertz CT molecular complexity index is 703. The molecule has 0 heterocycles. The van der Waals surface area contributed by atoms with Gasteiger partial charge in [-0.3, -0.25) is 9.59 Å². The summed E-state index contributed by atoms with van der Waals surface area (Å²) < 4.78 is 0. The van der Waals surface area contributed by atoms with Gasteiger partial charge in [0.05, 0.1) is 0 Å². The summed E-state index contributed by atoms with van der Waals surface area (Å²) in [6, 6.07) is 12.2. The second-order valence-electron chi connectivity index (χ2n) is 6.34. The van der Waals surface area contributed by atoms with E-state index < -0.39 is 5.97 Å². The van der Waals surface area contributed by atoms with E-state index in [4.69, 9.17) is 5.11 Å². The number of carboxylic acids is 1. The van der Waals surface area contributed by atoms with Crippen molar-refractivity contribution >= 4 is 22.5 Å². The maximum Gasteiger partial charge on any atom is 0.303 e. The SMILES string of the molecule is CCCCCCc1cc2ccccc2cc1C(=O)CCCC(=O)O. The first-order valence-corrected chi connectivity index (χ1v) is 8.88. The highest BCUT2D eigenvalue weighted by molar-refractivity contribution is 6.01. The first-order chi connectivity index (χ1) is 11.6. The van der Waals surface area contributed by atoms with E-state index in [0.717, 1.165) is 34.7 Å². The van der Waals surface area contributed by atoms with Crippen molar-refractivity contribution in [3.8, 4) is 0 Å². The van der Waals surface area contributed by atoms with Gasteiger partial charge in [0.25, 0.3) is 0 Å². The van der Waals surface area contributed by atoms with E-state index >= 15 is 0 Å². The van der Waals surface area contributed by atoms with Crippen LogP contribution in [0.15, 0.2) is 36.4 Å². The van der Waals surface area contributed by atoms with Crippen molar-refractivity contribution in [1.82, 2.24) is 0 Å². The van der Waals surface area contributed by atoms with Gasteiger partial charge in [0.15, 0.2) is 5.78 Å². The lowest BCUT2D eigenvalue weighted by Crippen LogP contribution is -2.06. The molecule has 0 aromatic heterocycles. The summed E-state index contributed by atoms with van der Waals surface area (Å²) in [5, 5.41) is 11.0. The molecule has 0 aliphatic heterocycles. The standard InChI is InChI=1S/C21H26O3/c1-2-3-4-5-11-18-14-16-9-6-7-10-17(16)15-19(18)20(22)12-8-13-21(23)24/h6-7,9-10,14-15H,2-5,8,11-13H2,1H3,(H,23,24). The average Bonchev–Trinajstić information content (AvgIpc) is 2.57. The number of Topliss-reactive ketones (excluding diaryl/α,β-unsaturated/α-hetero) is 1. The number of aliphatic carboxylic acids is 1. The largest absolute Gasteiger partial charge is 0.481 e. The second kappa shape index (κ2) is 9.21. The molecule has 0 aliphatic rings. The van der Waals surface area contributed by atoms with Crippen LogP contribution in [0.3, 0.4) is 0 Å². The zero-order valence-corrected chi connectivity index (χ0v) is 14.4. The smallest absolute Gasteiger partial charge is 0.303 e. The molecule has 0 radical (unpaired) electrons. The summed E-state index contributed by atoms with van der Waals surface area (Å²) in [4.78, 5) is 23.2. The number of fused-ring (bicyclic) bond motifs is 1. The molecular weight excluding hydrogens is 300 g/mol. The molecule has 0 bridgehead atoms. The number of ketones is 1. The molecule has 3 nitrogen and oxygen atoms in total. The summed E-state index contributed by atoms with van der Waals surface area (Å²) in [6.45, 7) is 2.19. The molecule has 0 aliphatic carbocycles. The molecule has 0 saturated heterocycles. The Hall–Kier alpha value is -2.16. The predicted molar refractivity (Wildman–Crippen MR) is 97.6 cm³/mol. The van der Waals surface area contributed by atoms with Crippen molar-refractivity contribution in [3.63, 3.8) is 0 Å². The van der Waals surface area contributed by atoms with Gasteiger partial charge in [-0.15, -0.1) is 0 Å². The van der Waals surface area contributed by atoms with Crippen LogP contribution in [0, 0.1) is 0 Å². The van der Waals surface area contributed by atoms with Gasteiger partial charge in [0.2, 0.25) is 0 Å². The number of carbonyl (C=O) groups excluding carboxylic acids is 1. The van der Waals surface area contributed by atoms with E-state index in [2.05, 4.69) is 19.1 Å². The molecule has 0 amide bonds. The Morgan fingerprint density at radius 3 is 2.29 bits per heavy atom. The first kappa shape index (κ1) is 18.2. The Kier molecular flexibility index (Phi) is 6.98. The number of carboxylic acid groups (broad SMARTS) is 1. The van der Waals surface area contributed by atoms with Crippen molar-refractivity contribution in [2.45, 2.75) is 58.3 Å². The topological polar surface area (TPSA) is 54.4 Å². The Balaban J connectivity index is 2.19. The van der Waals surface area contributed by atoms with Crippen molar-refractivity contribution < 1.29 is 14.7 Å². The van der Waals surface area contributed by atoms with Crippen molar-refractivity contribution in [2.24, 2.45) is 0 Å². The minimum atomic E-state index is -0.846. The van der Waals surface area contributed by atoms with Crippen LogP contribution in [-0.4, -0.2) is 16.9 Å². The minimum absolute atomic E-state index is 0.0468. The normalized spacial score (nSPS) is 10.9.